The maximum absolute atomic E-state index is 12.8. The van der Waals surface area contributed by atoms with Crippen LogP contribution in [-0.2, 0) is 19.4 Å². The Morgan fingerprint density at radius 1 is 1.19 bits per heavy atom. The fraction of sp³-hybridized carbons (Fsp3) is 0.292. The molecule has 2 amide bonds. The van der Waals surface area contributed by atoms with Crippen LogP contribution in [0.3, 0.4) is 0 Å². The van der Waals surface area contributed by atoms with Crippen molar-refractivity contribution in [1.82, 2.24) is 14.9 Å². The lowest BCUT2D eigenvalue weighted by molar-refractivity contribution is 0.205. The summed E-state index contributed by atoms with van der Waals surface area (Å²) in [6.07, 6.45) is 1.12. The number of ether oxygens (including phenoxy) is 1. The molecular formula is C24H26N4O3. The summed E-state index contributed by atoms with van der Waals surface area (Å²) < 4.78 is 5.57. The molecule has 4 rings (SSSR count). The summed E-state index contributed by atoms with van der Waals surface area (Å²) in [5, 5.41) is 2.89. The molecule has 1 aliphatic rings. The molecule has 0 aliphatic carbocycles. The standard InChI is InChI=1S/C24H26N4O3/c1-3-31-21-11-7-6-10-20(21)26-24(30)28-13-12-19-18(15-28)23(29)27-22(25-19)14-17-9-5-4-8-16(17)2/h4-11H,3,12-15H2,1-2H3,(H,26,30)(H,25,27,29). The molecule has 7 nitrogen and oxygen atoms in total. The SMILES string of the molecule is CCOc1ccccc1NC(=O)N1CCc2nc(Cc3ccccc3C)[nH]c(=O)c2C1. The number of rotatable bonds is 5. The lowest BCUT2D eigenvalue weighted by Gasteiger charge is -2.28. The van der Waals surface area contributed by atoms with Crippen molar-refractivity contribution in [2.24, 2.45) is 0 Å². The number of nitrogens with zero attached hydrogens (tertiary/aromatic N) is 2. The van der Waals surface area contributed by atoms with E-state index in [1.165, 1.54) is 0 Å². The minimum absolute atomic E-state index is 0.180. The van der Waals surface area contributed by atoms with Gasteiger partial charge in [0.15, 0.2) is 0 Å². The Morgan fingerprint density at radius 2 is 1.97 bits per heavy atom. The van der Waals surface area contributed by atoms with Gasteiger partial charge in [-0.15, -0.1) is 0 Å². The number of anilines is 1. The molecule has 0 fully saturated rings. The maximum atomic E-state index is 12.8. The molecule has 160 valence electrons. The van der Waals surface area contributed by atoms with Gasteiger partial charge in [-0.1, -0.05) is 36.4 Å². The zero-order chi connectivity index (χ0) is 21.8. The Morgan fingerprint density at radius 3 is 2.77 bits per heavy atom. The molecule has 31 heavy (non-hydrogen) atoms. The highest BCUT2D eigenvalue weighted by Gasteiger charge is 2.25. The third-order valence-corrected chi connectivity index (χ3v) is 5.45. The predicted octanol–water partition coefficient (Wildman–Crippen LogP) is 3.66. The van der Waals surface area contributed by atoms with Crippen molar-refractivity contribution in [3.63, 3.8) is 0 Å². The number of carbonyl (C=O) groups excluding carboxylic acids is 1. The van der Waals surface area contributed by atoms with Crippen LogP contribution in [0.1, 0.15) is 35.1 Å². The fourth-order valence-electron chi connectivity index (χ4n) is 3.77. The number of para-hydroxylation sites is 2. The molecule has 0 spiro atoms. The van der Waals surface area contributed by atoms with E-state index < -0.39 is 0 Å². The van der Waals surface area contributed by atoms with Crippen LogP contribution in [-0.4, -0.2) is 34.1 Å². The Hall–Kier alpha value is -3.61. The lowest BCUT2D eigenvalue weighted by Crippen LogP contribution is -2.42. The molecule has 2 N–H and O–H groups in total. The van der Waals surface area contributed by atoms with Gasteiger partial charge in [0.05, 0.1) is 30.1 Å². The molecule has 2 heterocycles. The molecule has 0 atom stereocenters. The first kappa shape index (κ1) is 20.7. The van der Waals surface area contributed by atoms with Crippen LogP contribution >= 0.6 is 0 Å². The van der Waals surface area contributed by atoms with Gasteiger partial charge in [-0.25, -0.2) is 9.78 Å². The number of hydrogen-bond donors (Lipinski definition) is 2. The number of urea groups is 1. The number of aromatic amines is 1. The van der Waals surface area contributed by atoms with Crippen LogP contribution in [0.25, 0.3) is 0 Å². The molecule has 0 saturated carbocycles. The van der Waals surface area contributed by atoms with Crippen molar-refractivity contribution >= 4 is 11.7 Å². The first-order valence-electron chi connectivity index (χ1n) is 10.5. The van der Waals surface area contributed by atoms with E-state index in [0.717, 1.165) is 16.8 Å². The maximum Gasteiger partial charge on any atom is 0.322 e. The smallest absolute Gasteiger partial charge is 0.322 e. The number of carbonyl (C=O) groups is 1. The first-order chi connectivity index (χ1) is 15.0. The van der Waals surface area contributed by atoms with Crippen LogP contribution in [0.2, 0.25) is 0 Å². The van der Waals surface area contributed by atoms with Crippen LogP contribution in [0.5, 0.6) is 5.75 Å². The molecule has 7 heteroatoms. The minimum Gasteiger partial charge on any atom is -0.492 e. The third kappa shape index (κ3) is 4.60. The van der Waals surface area contributed by atoms with Crippen molar-refractivity contribution in [3.8, 4) is 5.75 Å². The van der Waals surface area contributed by atoms with Crippen molar-refractivity contribution in [2.75, 3.05) is 18.5 Å². The number of benzene rings is 2. The number of nitrogens with one attached hydrogen (secondary N) is 2. The second kappa shape index (κ2) is 9.04. The van der Waals surface area contributed by atoms with Gasteiger partial charge in [0.2, 0.25) is 0 Å². The largest absolute Gasteiger partial charge is 0.492 e. The van der Waals surface area contributed by atoms with E-state index in [4.69, 9.17) is 9.72 Å². The van der Waals surface area contributed by atoms with E-state index in [1.807, 2.05) is 56.3 Å². The number of H-pyrrole nitrogens is 1. The molecule has 1 aromatic heterocycles. The first-order valence-corrected chi connectivity index (χ1v) is 10.5. The van der Waals surface area contributed by atoms with Crippen molar-refractivity contribution in [3.05, 3.63) is 87.1 Å². The highest BCUT2D eigenvalue weighted by molar-refractivity contribution is 5.91. The van der Waals surface area contributed by atoms with Gasteiger partial charge in [0, 0.05) is 19.4 Å². The number of aryl methyl sites for hydroxylation is 1. The quantitative estimate of drug-likeness (QED) is 0.662. The minimum atomic E-state index is -0.263. The molecule has 1 aliphatic heterocycles. The van der Waals surface area contributed by atoms with Gasteiger partial charge < -0.3 is 19.9 Å². The van der Waals surface area contributed by atoms with Gasteiger partial charge >= 0.3 is 6.03 Å². The molecule has 0 saturated heterocycles. The van der Waals surface area contributed by atoms with Gasteiger partial charge in [0.25, 0.3) is 5.56 Å². The molecule has 0 bridgehead atoms. The summed E-state index contributed by atoms with van der Waals surface area (Å²) in [7, 11) is 0. The van der Waals surface area contributed by atoms with E-state index in [0.29, 0.717) is 48.8 Å². The highest BCUT2D eigenvalue weighted by atomic mass is 16.5. The topological polar surface area (TPSA) is 87.3 Å². The molecule has 2 aromatic carbocycles. The van der Waals surface area contributed by atoms with Gasteiger partial charge in [-0.3, -0.25) is 4.79 Å². The Labute approximate surface area is 181 Å². The molecule has 0 unspecified atom stereocenters. The van der Waals surface area contributed by atoms with E-state index >= 15 is 0 Å². The normalized spacial score (nSPS) is 12.9. The van der Waals surface area contributed by atoms with E-state index in [1.54, 1.807) is 11.0 Å². The Balaban J connectivity index is 1.49. The molecule has 0 radical (unpaired) electrons. The zero-order valence-corrected chi connectivity index (χ0v) is 17.8. The summed E-state index contributed by atoms with van der Waals surface area (Å²) in [5.41, 5.74) is 4.05. The number of fused-ring (bicyclic) bond motifs is 1. The number of aromatic nitrogens is 2. The van der Waals surface area contributed by atoms with E-state index in [9.17, 15) is 9.59 Å². The van der Waals surface area contributed by atoms with E-state index in [-0.39, 0.29) is 18.1 Å². The van der Waals surface area contributed by atoms with Crippen molar-refractivity contribution in [2.45, 2.75) is 33.2 Å². The van der Waals surface area contributed by atoms with Gasteiger partial charge in [-0.05, 0) is 37.1 Å². The van der Waals surface area contributed by atoms with Gasteiger partial charge in [-0.2, -0.15) is 0 Å². The number of hydrogen-bond acceptors (Lipinski definition) is 4. The number of amides is 2. The summed E-state index contributed by atoms with van der Waals surface area (Å²) >= 11 is 0. The summed E-state index contributed by atoms with van der Waals surface area (Å²) in [5.74, 6) is 1.28. The Kier molecular flexibility index (Phi) is 6.02. The Bertz CT molecular complexity index is 1160. The zero-order valence-electron chi connectivity index (χ0n) is 17.8. The van der Waals surface area contributed by atoms with Crippen LogP contribution in [0.4, 0.5) is 10.5 Å². The van der Waals surface area contributed by atoms with Gasteiger partial charge in [0.1, 0.15) is 11.6 Å². The van der Waals surface area contributed by atoms with Crippen LogP contribution in [0.15, 0.2) is 53.3 Å². The summed E-state index contributed by atoms with van der Waals surface area (Å²) in [6.45, 7) is 5.18. The summed E-state index contributed by atoms with van der Waals surface area (Å²) in [6, 6.07) is 15.1. The van der Waals surface area contributed by atoms with Crippen molar-refractivity contribution in [1.29, 1.82) is 0 Å². The highest BCUT2D eigenvalue weighted by Crippen LogP contribution is 2.25. The fourth-order valence-corrected chi connectivity index (χ4v) is 3.77. The molecule has 3 aromatic rings. The third-order valence-electron chi connectivity index (χ3n) is 5.45. The second-order valence-electron chi connectivity index (χ2n) is 7.57. The summed E-state index contributed by atoms with van der Waals surface area (Å²) in [4.78, 5) is 34.8. The monoisotopic (exact) mass is 418 g/mol. The second-order valence-corrected chi connectivity index (χ2v) is 7.57. The van der Waals surface area contributed by atoms with Crippen LogP contribution in [0, 0.1) is 6.92 Å². The lowest BCUT2D eigenvalue weighted by atomic mass is 10.0. The van der Waals surface area contributed by atoms with E-state index in [2.05, 4.69) is 10.3 Å². The average molecular weight is 418 g/mol. The molecular weight excluding hydrogens is 392 g/mol. The average Bonchev–Trinajstić information content (AvgIpc) is 2.77. The predicted molar refractivity (Wildman–Crippen MR) is 120 cm³/mol. The van der Waals surface area contributed by atoms with Crippen LogP contribution < -0.4 is 15.6 Å². The van der Waals surface area contributed by atoms with Crippen molar-refractivity contribution < 1.29 is 9.53 Å².